The minimum Gasteiger partial charge on any atom is -0.480 e. The van der Waals surface area contributed by atoms with Crippen LogP contribution in [0.3, 0.4) is 0 Å². The van der Waals surface area contributed by atoms with Crippen LogP contribution in [0.25, 0.3) is 0 Å². The van der Waals surface area contributed by atoms with Gasteiger partial charge in [-0.25, -0.2) is 4.79 Å². The molecule has 0 saturated carbocycles. The number of aryl methyl sites for hydroxylation is 2. The standard InChI is InChI=1S/C15H17NO3S/c17-14(16-9-20-8-13(16)15(18)19)12-6-5-10-3-1-2-4-11(10)7-12/h5-7,13H,1-4,8-9H2,(H,18,19)/t13-/m0/s1. The Labute approximate surface area is 122 Å². The van der Waals surface area contributed by atoms with Crippen molar-refractivity contribution in [1.82, 2.24) is 4.90 Å². The number of carboxylic acids is 1. The summed E-state index contributed by atoms with van der Waals surface area (Å²) in [6.07, 6.45) is 4.49. The zero-order valence-electron chi connectivity index (χ0n) is 11.2. The first-order valence-corrected chi connectivity index (χ1v) is 8.05. The molecule has 1 saturated heterocycles. The van der Waals surface area contributed by atoms with Gasteiger partial charge in [0, 0.05) is 11.3 Å². The third-order valence-corrected chi connectivity index (χ3v) is 5.04. The van der Waals surface area contributed by atoms with E-state index in [1.54, 1.807) is 0 Å². The SMILES string of the molecule is O=C(O)[C@@H]1CSCN1C(=O)c1ccc2c(c1)CCCC2. The molecule has 0 bridgehead atoms. The Morgan fingerprint density at radius 3 is 2.70 bits per heavy atom. The molecule has 2 aliphatic rings. The van der Waals surface area contributed by atoms with Crippen LogP contribution in [0.2, 0.25) is 0 Å². The summed E-state index contributed by atoms with van der Waals surface area (Å²) < 4.78 is 0. The second-order valence-corrected chi connectivity index (χ2v) is 6.32. The van der Waals surface area contributed by atoms with Crippen molar-refractivity contribution in [3.63, 3.8) is 0 Å². The fraction of sp³-hybridized carbons (Fsp3) is 0.467. The van der Waals surface area contributed by atoms with Crippen molar-refractivity contribution in [2.24, 2.45) is 0 Å². The molecule has 1 aromatic carbocycles. The Hall–Kier alpha value is -1.49. The molecule has 106 valence electrons. The number of fused-ring (bicyclic) bond motifs is 1. The number of nitrogens with zero attached hydrogens (tertiary/aromatic N) is 1. The fourth-order valence-corrected chi connectivity index (χ4v) is 4.02. The van der Waals surface area contributed by atoms with E-state index in [0.29, 0.717) is 17.2 Å². The van der Waals surface area contributed by atoms with Gasteiger partial charge in [-0.15, -0.1) is 11.8 Å². The van der Waals surface area contributed by atoms with E-state index >= 15 is 0 Å². The monoisotopic (exact) mass is 291 g/mol. The normalized spacial score (nSPS) is 21.6. The summed E-state index contributed by atoms with van der Waals surface area (Å²) in [6.45, 7) is 0. The first-order chi connectivity index (χ1) is 9.66. The molecule has 1 amide bonds. The van der Waals surface area contributed by atoms with E-state index in [-0.39, 0.29) is 5.91 Å². The Morgan fingerprint density at radius 1 is 1.20 bits per heavy atom. The van der Waals surface area contributed by atoms with Gasteiger partial charge in [-0.05, 0) is 48.9 Å². The molecule has 0 radical (unpaired) electrons. The number of thioether (sulfide) groups is 1. The molecule has 4 nitrogen and oxygen atoms in total. The van der Waals surface area contributed by atoms with E-state index in [4.69, 9.17) is 5.11 Å². The van der Waals surface area contributed by atoms with Crippen molar-refractivity contribution < 1.29 is 14.7 Å². The molecule has 20 heavy (non-hydrogen) atoms. The molecule has 1 atom stereocenters. The first kappa shape index (κ1) is 13.5. The Morgan fingerprint density at radius 2 is 1.95 bits per heavy atom. The average Bonchev–Trinajstić information content (AvgIpc) is 2.95. The van der Waals surface area contributed by atoms with E-state index in [0.717, 1.165) is 12.8 Å². The Balaban J connectivity index is 1.85. The second kappa shape index (κ2) is 5.48. The summed E-state index contributed by atoms with van der Waals surface area (Å²) in [6, 6.07) is 5.14. The fourth-order valence-electron chi connectivity index (χ4n) is 2.88. The zero-order chi connectivity index (χ0) is 14.1. The third-order valence-electron chi connectivity index (χ3n) is 4.02. The lowest BCUT2D eigenvalue weighted by Gasteiger charge is -2.22. The minimum absolute atomic E-state index is 0.157. The van der Waals surface area contributed by atoms with Gasteiger partial charge >= 0.3 is 5.97 Å². The van der Waals surface area contributed by atoms with Crippen molar-refractivity contribution >= 4 is 23.6 Å². The summed E-state index contributed by atoms with van der Waals surface area (Å²) >= 11 is 1.49. The lowest BCUT2D eigenvalue weighted by atomic mass is 9.90. The highest BCUT2D eigenvalue weighted by molar-refractivity contribution is 7.99. The number of carbonyl (C=O) groups excluding carboxylic acids is 1. The van der Waals surface area contributed by atoms with E-state index in [1.165, 1.54) is 40.6 Å². The minimum atomic E-state index is -0.915. The Kier molecular flexibility index (Phi) is 3.70. The van der Waals surface area contributed by atoms with Crippen LogP contribution in [0.4, 0.5) is 0 Å². The molecular weight excluding hydrogens is 274 g/mol. The lowest BCUT2D eigenvalue weighted by molar-refractivity contribution is -0.140. The van der Waals surface area contributed by atoms with E-state index in [9.17, 15) is 9.59 Å². The van der Waals surface area contributed by atoms with Crippen molar-refractivity contribution in [3.05, 3.63) is 34.9 Å². The van der Waals surface area contributed by atoms with E-state index in [2.05, 4.69) is 0 Å². The van der Waals surface area contributed by atoms with Gasteiger partial charge in [0.05, 0.1) is 5.88 Å². The van der Waals surface area contributed by atoms with Crippen LogP contribution < -0.4 is 0 Å². The summed E-state index contributed by atoms with van der Waals surface area (Å²) in [5.41, 5.74) is 3.21. The van der Waals surface area contributed by atoms with Crippen LogP contribution in [-0.2, 0) is 17.6 Å². The number of rotatable bonds is 2. The smallest absolute Gasteiger partial charge is 0.327 e. The molecule has 0 unspecified atom stereocenters. The Bertz CT molecular complexity index is 558. The highest BCUT2D eigenvalue weighted by Gasteiger charge is 2.35. The highest BCUT2D eigenvalue weighted by atomic mass is 32.2. The third kappa shape index (κ3) is 2.42. The summed E-state index contributed by atoms with van der Waals surface area (Å²) in [4.78, 5) is 25.1. The quantitative estimate of drug-likeness (QED) is 0.907. The number of hydrogen-bond acceptors (Lipinski definition) is 3. The van der Waals surface area contributed by atoms with Crippen LogP contribution in [0, 0.1) is 0 Å². The number of amides is 1. The van der Waals surface area contributed by atoms with E-state index < -0.39 is 12.0 Å². The van der Waals surface area contributed by atoms with Crippen LogP contribution in [-0.4, -0.2) is 39.6 Å². The molecule has 1 heterocycles. The maximum Gasteiger partial charge on any atom is 0.327 e. The van der Waals surface area contributed by atoms with Gasteiger partial charge in [0.25, 0.3) is 5.91 Å². The average molecular weight is 291 g/mol. The maximum atomic E-state index is 12.5. The molecule has 1 aliphatic carbocycles. The van der Waals surface area contributed by atoms with Crippen LogP contribution in [0.15, 0.2) is 18.2 Å². The van der Waals surface area contributed by atoms with Crippen molar-refractivity contribution in [2.75, 3.05) is 11.6 Å². The predicted octanol–water partition coefficient (Wildman–Crippen LogP) is 2.17. The summed E-state index contributed by atoms with van der Waals surface area (Å²) in [5.74, 6) is -0.129. The van der Waals surface area contributed by atoms with Gasteiger partial charge in [0.1, 0.15) is 6.04 Å². The molecule has 1 aromatic rings. The number of carboxylic acid groups (broad SMARTS) is 1. The predicted molar refractivity (Wildman–Crippen MR) is 78.0 cm³/mol. The first-order valence-electron chi connectivity index (χ1n) is 6.90. The molecule has 1 fully saturated rings. The largest absolute Gasteiger partial charge is 0.480 e. The van der Waals surface area contributed by atoms with Crippen LogP contribution >= 0.6 is 11.8 Å². The molecular formula is C15H17NO3S. The van der Waals surface area contributed by atoms with E-state index in [1.807, 2.05) is 18.2 Å². The van der Waals surface area contributed by atoms with Crippen LogP contribution in [0.5, 0.6) is 0 Å². The highest BCUT2D eigenvalue weighted by Crippen LogP contribution is 2.26. The summed E-state index contributed by atoms with van der Waals surface area (Å²) in [7, 11) is 0. The van der Waals surface area contributed by atoms with Gasteiger partial charge in [0.15, 0.2) is 0 Å². The number of hydrogen-bond donors (Lipinski definition) is 1. The number of benzene rings is 1. The number of carbonyl (C=O) groups is 2. The molecule has 0 aromatic heterocycles. The van der Waals surface area contributed by atoms with Crippen LogP contribution in [0.1, 0.15) is 34.3 Å². The summed E-state index contributed by atoms with van der Waals surface area (Å²) in [5, 5.41) is 9.16. The molecule has 0 spiro atoms. The zero-order valence-corrected chi connectivity index (χ0v) is 12.0. The van der Waals surface area contributed by atoms with Crippen molar-refractivity contribution in [1.29, 1.82) is 0 Å². The van der Waals surface area contributed by atoms with Gasteiger partial charge in [-0.3, -0.25) is 4.79 Å². The lowest BCUT2D eigenvalue weighted by Crippen LogP contribution is -2.41. The van der Waals surface area contributed by atoms with Gasteiger partial charge < -0.3 is 10.0 Å². The second-order valence-electron chi connectivity index (χ2n) is 5.32. The van der Waals surface area contributed by atoms with Gasteiger partial charge in [0.2, 0.25) is 0 Å². The van der Waals surface area contributed by atoms with Crippen molar-refractivity contribution in [2.45, 2.75) is 31.7 Å². The van der Waals surface area contributed by atoms with Crippen molar-refractivity contribution in [3.8, 4) is 0 Å². The number of aliphatic carboxylic acids is 1. The topological polar surface area (TPSA) is 57.6 Å². The van der Waals surface area contributed by atoms with Gasteiger partial charge in [-0.2, -0.15) is 0 Å². The van der Waals surface area contributed by atoms with Gasteiger partial charge in [-0.1, -0.05) is 6.07 Å². The molecule has 5 heteroatoms. The maximum absolute atomic E-state index is 12.5. The molecule has 1 N–H and O–H groups in total. The molecule has 3 rings (SSSR count). The molecule has 1 aliphatic heterocycles.